The van der Waals surface area contributed by atoms with E-state index in [1.165, 1.54) is 11.0 Å². The Balaban J connectivity index is 2.93. The number of hydrogen-bond acceptors (Lipinski definition) is 3. The van der Waals surface area contributed by atoms with Gasteiger partial charge < -0.3 is 15.7 Å². The van der Waals surface area contributed by atoms with Crippen LogP contribution in [0.2, 0.25) is 0 Å². The van der Waals surface area contributed by atoms with Gasteiger partial charge >= 0.3 is 0 Å². The van der Waals surface area contributed by atoms with E-state index in [0.29, 0.717) is 6.54 Å². The van der Waals surface area contributed by atoms with E-state index in [2.05, 4.69) is 0 Å². The number of aryl methyl sites for hydroxylation is 1. The lowest BCUT2D eigenvalue weighted by Crippen LogP contribution is -2.32. The molecular weight excluding hydrogens is 228 g/mol. The van der Waals surface area contributed by atoms with Gasteiger partial charge in [0.1, 0.15) is 0 Å². The van der Waals surface area contributed by atoms with Crippen molar-refractivity contribution in [3.63, 3.8) is 0 Å². The average molecular weight is 248 g/mol. The van der Waals surface area contributed by atoms with Crippen molar-refractivity contribution in [3.8, 4) is 0 Å². The van der Waals surface area contributed by atoms with Crippen molar-refractivity contribution in [2.75, 3.05) is 20.2 Å². The lowest BCUT2D eigenvalue weighted by atomic mass is 10.0. The van der Waals surface area contributed by atoms with Crippen molar-refractivity contribution in [2.45, 2.75) is 13.0 Å². The molecule has 0 aromatic heterocycles. The quantitative estimate of drug-likeness (QED) is 0.764. The Bertz CT molecular complexity index is 430. The highest BCUT2D eigenvalue weighted by Crippen LogP contribution is 2.22. The minimum absolute atomic E-state index is 0.108. The molecule has 98 valence electrons. The van der Waals surface area contributed by atoms with Gasteiger partial charge in [-0.3, -0.25) is 4.79 Å². The molecule has 0 radical (unpaired) electrons. The molecule has 1 aromatic carbocycles. The van der Waals surface area contributed by atoms with Gasteiger partial charge in [-0.15, -0.1) is 0 Å². The van der Waals surface area contributed by atoms with E-state index in [4.69, 9.17) is 5.73 Å². The highest BCUT2D eigenvalue weighted by atomic mass is 16.3. The van der Waals surface area contributed by atoms with Crippen LogP contribution in [0.25, 0.3) is 0 Å². The number of aliphatic hydroxyl groups excluding tert-OH is 1. The smallest absolute Gasteiger partial charge is 0.246 e. The van der Waals surface area contributed by atoms with E-state index in [1.54, 1.807) is 13.1 Å². The number of carbonyl (C=O) groups excluding carboxylic acids is 1. The van der Waals surface area contributed by atoms with E-state index in [0.717, 1.165) is 11.1 Å². The molecular formula is C14H20N2O2. The predicted molar refractivity (Wildman–Crippen MR) is 72.0 cm³/mol. The van der Waals surface area contributed by atoms with Gasteiger partial charge in [0.25, 0.3) is 0 Å². The fourth-order valence-corrected chi connectivity index (χ4v) is 1.83. The Labute approximate surface area is 108 Å². The molecule has 4 nitrogen and oxygen atoms in total. The largest absolute Gasteiger partial charge is 0.394 e. The van der Waals surface area contributed by atoms with E-state index in [-0.39, 0.29) is 18.6 Å². The van der Waals surface area contributed by atoms with E-state index in [9.17, 15) is 9.90 Å². The Morgan fingerprint density at radius 1 is 1.50 bits per heavy atom. The van der Waals surface area contributed by atoms with Crippen molar-refractivity contribution in [1.82, 2.24) is 4.90 Å². The molecule has 1 unspecified atom stereocenters. The molecule has 4 heteroatoms. The number of amides is 1. The minimum Gasteiger partial charge on any atom is -0.394 e. The first-order valence-corrected chi connectivity index (χ1v) is 5.91. The van der Waals surface area contributed by atoms with E-state index < -0.39 is 0 Å². The predicted octanol–water partition coefficient (Wildman–Crippen LogP) is 1.00. The number of rotatable bonds is 5. The Hall–Kier alpha value is -1.65. The molecule has 0 bridgehead atoms. The van der Waals surface area contributed by atoms with Crippen LogP contribution in [0.3, 0.4) is 0 Å². The van der Waals surface area contributed by atoms with E-state index >= 15 is 0 Å². The highest BCUT2D eigenvalue weighted by Gasteiger charge is 2.20. The summed E-state index contributed by atoms with van der Waals surface area (Å²) in [5.41, 5.74) is 7.32. The monoisotopic (exact) mass is 248 g/mol. The molecule has 18 heavy (non-hydrogen) atoms. The van der Waals surface area contributed by atoms with Gasteiger partial charge in [0.05, 0.1) is 12.6 Å². The standard InChI is InChI=1S/C14H20N2O2/c1-11-6-3-4-7-12(11)13(10-17)16(2)14(18)8-5-9-15/h3-8,13,17H,9-10,15H2,1-2H3/b8-5+. The Morgan fingerprint density at radius 2 is 2.17 bits per heavy atom. The molecule has 0 saturated carbocycles. The minimum atomic E-state index is -0.332. The van der Waals surface area contributed by atoms with Crippen molar-refractivity contribution in [3.05, 3.63) is 47.5 Å². The van der Waals surface area contributed by atoms with Crippen LogP contribution in [0.5, 0.6) is 0 Å². The third-order valence-electron chi connectivity index (χ3n) is 2.93. The molecule has 1 amide bonds. The first-order chi connectivity index (χ1) is 8.61. The molecule has 3 N–H and O–H groups in total. The molecule has 1 aromatic rings. The van der Waals surface area contributed by atoms with Crippen LogP contribution in [-0.2, 0) is 4.79 Å². The van der Waals surface area contributed by atoms with Crippen LogP contribution in [0.4, 0.5) is 0 Å². The summed E-state index contributed by atoms with van der Waals surface area (Å²) in [5, 5.41) is 9.51. The lowest BCUT2D eigenvalue weighted by Gasteiger charge is -2.27. The van der Waals surface area contributed by atoms with Crippen molar-refractivity contribution in [1.29, 1.82) is 0 Å². The Morgan fingerprint density at radius 3 is 2.72 bits per heavy atom. The van der Waals surface area contributed by atoms with Gasteiger partial charge in [-0.25, -0.2) is 0 Å². The zero-order valence-electron chi connectivity index (χ0n) is 10.8. The van der Waals surface area contributed by atoms with Crippen LogP contribution in [-0.4, -0.2) is 36.1 Å². The van der Waals surface area contributed by atoms with Gasteiger partial charge in [0, 0.05) is 19.7 Å². The fourth-order valence-electron chi connectivity index (χ4n) is 1.83. The first-order valence-electron chi connectivity index (χ1n) is 5.91. The molecule has 0 fully saturated rings. The number of likely N-dealkylation sites (N-methyl/N-ethyl adjacent to an activating group) is 1. The maximum absolute atomic E-state index is 11.9. The number of nitrogens with zero attached hydrogens (tertiary/aromatic N) is 1. The molecule has 0 heterocycles. The third kappa shape index (κ3) is 3.42. The summed E-state index contributed by atoms with van der Waals surface area (Å²) in [6.07, 6.45) is 3.03. The number of aliphatic hydroxyl groups is 1. The maximum atomic E-state index is 11.9. The summed E-state index contributed by atoms with van der Waals surface area (Å²) in [6, 6.07) is 7.39. The van der Waals surface area contributed by atoms with Crippen molar-refractivity contribution in [2.24, 2.45) is 5.73 Å². The number of benzene rings is 1. The zero-order valence-corrected chi connectivity index (χ0v) is 10.8. The second-order valence-corrected chi connectivity index (χ2v) is 4.14. The summed E-state index contributed by atoms with van der Waals surface area (Å²) < 4.78 is 0. The normalized spacial score (nSPS) is 12.7. The van der Waals surface area contributed by atoms with Crippen LogP contribution < -0.4 is 5.73 Å². The van der Waals surface area contributed by atoms with Gasteiger partial charge in [0.15, 0.2) is 0 Å². The van der Waals surface area contributed by atoms with Crippen LogP contribution in [0, 0.1) is 6.92 Å². The molecule has 1 atom stereocenters. The summed E-state index contributed by atoms with van der Waals surface area (Å²) in [5.74, 6) is -0.164. The highest BCUT2D eigenvalue weighted by molar-refractivity contribution is 5.87. The number of hydrogen-bond donors (Lipinski definition) is 2. The molecule has 1 rings (SSSR count). The van der Waals surface area contributed by atoms with Gasteiger partial charge in [-0.05, 0) is 18.1 Å². The third-order valence-corrected chi connectivity index (χ3v) is 2.93. The molecule has 0 saturated heterocycles. The van der Waals surface area contributed by atoms with Crippen LogP contribution >= 0.6 is 0 Å². The first kappa shape index (κ1) is 14.4. The molecule has 0 aliphatic rings. The second-order valence-electron chi connectivity index (χ2n) is 4.14. The Kier molecular flexibility index (Phi) is 5.55. The van der Waals surface area contributed by atoms with E-state index in [1.807, 2.05) is 31.2 Å². The van der Waals surface area contributed by atoms with Crippen LogP contribution in [0.15, 0.2) is 36.4 Å². The number of nitrogens with two attached hydrogens (primary N) is 1. The molecule has 0 aliphatic heterocycles. The van der Waals surface area contributed by atoms with Crippen molar-refractivity contribution >= 4 is 5.91 Å². The fraction of sp³-hybridized carbons (Fsp3) is 0.357. The van der Waals surface area contributed by atoms with Gasteiger partial charge in [-0.2, -0.15) is 0 Å². The summed E-state index contributed by atoms with van der Waals surface area (Å²) >= 11 is 0. The van der Waals surface area contributed by atoms with Crippen LogP contribution in [0.1, 0.15) is 17.2 Å². The summed E-state index contributed by atoms with van der Waals surface area (Å²) in [7, 11) is 1.68. The van der Waals surface area contributed by atoms with Gasteiger partial charge in [-0.1, -0.05) is 30.3 Å². The average Bonchev–Trinajstić information content (AvgIpc) is 2.38. The SMILES string of the molecule is Cc1ccccc1C(CO)N(C)C(=O)/C=C/CN. The zero-order chi connectivity index (χ0) is 13.5. The number of carbonyl (C=O) groups is 1. The van der Waals surface area contributed by atoms with Gasteiger partial charge in [0.2, 0.25) is 5.91 Å². The topological polar surface area (TPSA) is 66.6 Å². The lowest BCUT2D eigenvalue weighted by molar-refractivity contribution is -0.127. The molecule has 0 spiro atoms. The second kappa shape index (κ2) is 6.93. The summed E-state index contributed by atoms with van der Waals surface area (Å²) in [6.45, 7) is 2.18. The van der Waals surface area contributed by atoms with Crippen molar-refractivity contribution < 1.29 is 9.90 Å². The summed E-state index contributed by atoms with van der Waals surface area (Å²) in [4.78, 5) is 13.4. The molecule has 0 aliphatic carbocycles. The maximum Gasteiger partial charge on any atom is 0.246 e.